The number of carbonyl (C=O) groups excluding carboxylic acids is 1. The number of thioether (sulfide) groups is 2. The van der Waals surface area contributed by atoms with Crippen LogP contribution in [0.4, 0.5) is 5.82 Å². The van der Waals surface area contributed by atoms with Crippen molar-refractivity contribution in [2.45, 2.75) is 56.0 Å². The second kappa shape index (κ2) is 14.8. The van der Waals surface area contributed by atoms with Crippen molar-refractivity contribution in [3.05, 3.63) is 45.5 Å². The Morgan fingerprint density at radius 1 is 1.05 bits per heavy atom. The first-order valence-electron chi connectivity index (χ1n) is 13.5. The minimum Gasteiger partial charge on any atom is -0.463 e. The first-order valence-corrected chi connectivity index (χ1v) is 15.9. The molecule has 0 saturated carbocycles. The van der Waals surface area contributed by atoms with E-state index >= 15 is 0 Å². The Bertz CT molecular complexity index is 1450. The van der Waals surface area contributed by atoms with Crippen LogP contribution in [0.15, 0.2) is 33.3 Å². The largest absolute Gasteiger partial charge is 0.463 e. The van der Waals surface area contributed by atoms with Crippen LogP contribution in [0.2, 0.25) is 0 Å². The maximum Gasteiger partial charge on any atom is 0.330 e. The molecule has 2 aliphatic rings. The predicted molar refractivity (Wildman–Crippen MR) is 162 cm³/mol. The molecule has 2 unspecified atom stereocenters. The molecule has 41 heavy (non-hydrogen) atoms. The molecule has 0 aliphatic carbocycles. The normalized spacial score (nSPS) is 18.5. The number of hydrogen-bond acceptors (Lipinski definition) is 12. The van der Waals surface area contributed by atoms with E-state index in [0.717, 1.165) is 53.3 Å². The molecule has 0 spiro atoms. The zero-order valence-electron chi connectivity index (χ0n) is 24.0. The fourth-order valence-electron chi connectivity index (χ4n) is 4.57. The molecule has 11 nitrogen and oxygen atoms in total. The lowest BCUT2D eigenvalue weighted by Gasteiger charge is -2.15. The Morgan fingerprint density at radius 2 is 1.76 bits per heavy atom. The summed E-state index contributed by atoms with van der Waals surface area (Å²) in [6.07, 6.45) is 8.78. The van der Waals surface area contributed by atoms with Crippen LogP contribution in [-0.4, -0.2) is 82.1 Å². The monoisotopic (exact) mass is 600 g/mol. The zero-order valence-corrected chi connectivity index (χ0v) is 25.6. The number of esters is 1. The third kappa shape index (κ3) is 7.85. The molecule has 5 rings (SSSR count). The summed E-state index contributed by atoms with van der Waals surface area (Å²) in [7, 11) is 0. The van der Waals surface area contributed by atoms with Crippen LogP contribution in [0.5, 0.6) is 0 Å². The summed E-state index contributed by atoms with van der Waals surface area (Å²) in [6, 6.07) is 3.72. The van der Waals surface area contributed by atoms with Crippen molar-refractivity contribution in [1.29, 1.82) is 0 Å². The van der Waals surface area contributed by atoms with Gasteiger partial charge in [0.25, 0.3) is 5.56 Å². The highest BCUT2D eigenvalue weighted by molar-refractivity contribution is 7.98. The lowest BCUT2D eigenvalue weighted by atomic mass is 10.2. The summed E-state index contributed by atoms with van der Waals surface area (Å²) < 4.78 is 17.4. The highest BCUT2D eigenvalue weighted by atomic mass is 32.2. The van der Waals surface area contributed by atoms with Gasteiger partial charge in [-0.3, -0.25) is 9.36 Å². The predicted octanol–water partition coefficient (Wildman–Crippen LogP) is 4.07. The van der Waals surface area contributed by atoms with Crippen molar-refractivity contribution in [2.24, 2.45) is 0 Å². The van der Waals surface area contributed by atoms with Gasteiger partial charge in [0.1, 0.15) is 11.5 Å². The third-order valence-electron chi connectivity index (χ3n) is 6.65. The molecule has 0 aromatic carbocycles. The van der Waals surface area contributed by atoms with E-state index in [2.05, 4.69) is 25.3 Å². The van der Waals surface area contributed by atoms with Gasteiger partial charge in [-0.05, 0) is 58.3 Å². The second-order valence-electron chi connectivity index (χ2n) is 9.44. The molecule has 2 atom stereocenters. The Kier molecular flexibility index (Phi) is 11.1. The number of ether oxygens (including phenoxy) is 3. The van der Waals surface area contributed by atoms with Gasteiger partial charge in [0.2, 0.25) is 0 Å². The van der Waals surface area contributed by atoms with Crippen molar-refractivity contribution >= 4 is 52.4 Å². The van der Waals surface area contributed by atoms with Crippen LogP contribution < -0.4 is 10.9 Å². The molecule has 220 valence electrons. The van der Waals surface area contributed by atoms with Crippen LogP contribution in [0.25, 0.3) is 17.1 Å². The van der Waals surface area contributed by atoms with Crippen LogP contribution in [0.3, 0.4) is 0 Å². The highest BCUT2D eigenvalue weighted by Gasteiger charge is 2.22. The van der Waals surface area contributed by atoms with E-state index in [0.29, 0.717) is 36.7 Å². The first kappa shape index (κ1) is 30.9. The smallest absolute Gasteiger partial charge is 0.330 e. The van der Waals surface area contributed by atoms with Gasteiger partial charge in [-0.1, -0.05) is 23.5 Å². The van der Waals surface area contributed by atoms with Crippen molar-refractivity contribution in [2.75, 3.05) is 50.9 Å². The molecule has 1 N–H and O–H groups in total. The molecule has 0 amide bonds. The van der Waals surface area contributed by atoms with Crippen LogP contribution in [-0.2, 0) is 19.0 Å². The molecular weight excluding hydrogens is 564 g/mol. The Balaban J connectivity index is 0.000000191. The number of carbonyl (C=O) groups is 1. The topological polar surface area (TPSA) is 130 Å². The Morgan fingerprint density at radius 3 is 2.41 bits per heavy atom. The Labute approximate surface area is 247 Å². The quantitative estimate of drug-likeness (QED) is 0.173. The van der Waals surface area contributed by atoms with Crippen LogP contribution >= 0.6 is 23.5 Å². The van der Waals surface area contributed by atoms with Crippen molar-refractivity contribution < 1.29 is 19.0 Å². The Hall–Kier alpha value is -3.00. The van der Waals surface area contributed by atoms with Gasteiger partial charge in [0.05, 0.1) is 43.3 Å². The number of fused-ring (bicyclic) bond motifs is 1. The number of anilines is 1. The number of nitrogens with one attached hydrogen (secondary N) is 1. The van der Waals surface area contributed by atoms with E-state index in [1.54, 1.807) is 23.6 Å². The van der Waals surface area contributed by atoms with Gasteiger partial charge in [-0.15, -0.1) is 0 Å². The van der Waals surface area contributed by atoms with Gasteiger partial charge >= 0.3 is 5.97 Å². The van der Waals surface area contributed by atoms with Gasteiger partial charge < -0.3 is 19.5 Å². The summed E-state index contributed by atoms with van der Waals surface area (Å²) in [5.41, 5.74) is 3.23. The van der Waals surface area contributed by atoms with Gasteiger partial charge in [-0.25, -0.2) is 24.7 Å². The van der Waals surface area contributed by atoms with E-state index in [1.165, 1.54) is 29.6 Å². The SMILES string of the molecule is CCOC(=O)/C=C/c1c(C)nc(SC)nc1NC1CCOC1.CSc1nc(C)c2ccc(=O)n(C3CCOC3)c2n1. The van der Waals surface area contributed by atoms with Crippen LogP contribution in [0, 0.1) is 13.8 Å². The number of nitrogens with zero attached hydrogens (tertiary/aromatic N) is 5. The maximum absolute atomic E-state index is 12.2. The summed E-state index contributed by atoms with van der Waals surface area (Å²) in [4.78, 5) is 41.6. The number of pyridine rings is 1. The minimum absolute atomic E-state index is 0.0202. The molecule has 0 radical (unpaired) electrons. The molecule has 13 heteroatoms. The fraction of sp³-hybridized carbons (Fsp3) is 0.500. The van der Waals surface area contributed by atoms with Crippen molar-refractivity contribution in [1.82, 2.24) is 24.5 Å². The lowest BCUT2D eigenvalue weighted by molar-refractivity contribution is -0.137. The molecule has 2 fully saturated rings. The fourth-order valence-corrected chi connectivity index (χ4v) is 5.39. The number of rotatable bonds is 8. The first-order chi connectivity index (χ1) is 19.8. The highest BCUT2D eigenvalue weighted by Crippen LogP contribution is 2.25. The summed E-state index contributed by atoms with van der Waals surface area (Å²) in [5.74, 6) is 0.360. The number of aromatic nitrogens is 5. The molecule has 5 heterocycles. The molecule has 3 aromatic heterocycles. The van der Waals surface area contributed by atoms with Gasteiger partial charge in [0, 0.05) is 36.3 Å². The molecular formula is C28H36N6O5S2. The molecule has 2 saturated heterocycles. The van der Waals surface area contributed by atoms with Crippen molar-refractivity contribution in [3.63, 3.8) is 0 Å². The minimum atomic E-state index is -0.369. The lowest BCUT2D eigenvalue weighted by Crippen LogP contribution is -2.25. The second-order valence-corrected chi connectivity index (χ2v) is 11.0. The maximum atomic E-state index is 12.2. The zero-order chi connectivity index (χ0) is 29.4. The van der Waals surface area contributed by atoms with E-state index in [4.69, 9.17) is 14.2 Å². The van der Waals surface area contributed by atoms with Gasteiger partial charge in [-0.2, -0.15) is 0 Å². The summed E-state index contributed by atoms with van der Waals surface area (Å²) in [5, 5.41) is 5.72. The van der Waals surface area contributed by atoms with E-state index in [9.17, 15) is 9.59 Å². The van der Waals surface area contributed by atoms with Gasteiger partial charge in [0.15, 0.2) is 10.3 Å². The standard InChI is InChI=1S/C15H21N3O3S.C13H15N3O2S/c1-4-21-13(19)6-5-12-10(2)16-15(22-3)18-14(12)17-11-7-8-20-9-11;1-8-10-3-4-11(17)16(9-5-6-18-7-9)12(10)15-13(14-8)19-2/h5-6,11H,4,7-9H2,1-3H3,(H,16,17,18);3-4,9H,5-7H2,1-2H3/b6-5+;. The molecule has 0 bridgehead atoms. The van der Waals surface area contributed by atoms with E-state index < -0.39 is 0 Å². The average Bonchev–Trinajstić information content (AvgIpc) is 3.67. The average molecular weight is 601 g/mol. The number of hydrogen-bond donors (Lipinski definition) is 1. The molecule has 2 aliphatic heterocycles. The summed E-state index contributed by atoms with van der Waals surface area (Å²) in [6.45, 7) is 8.69. The van der Waals surface area contributed by atoms with Crippen molar-refractivity contribution in [3.8, 4) is 0 Å². The van der Waals surface area contributed by atoms with E-state index in [-0.39, 0.29) is 23.6 Å². The summed E-state index contributed by atoms with van der Waals surface area (Å²) >= 11 is 2.97. The number of aryl methyl sites for hydroxylation is 2. The molecule has 3 aromatic rings. The third-order valence-corrected chi connectivity index (χ3v) is 7.74. The van der Waals surface area contributed by atoms with Crippen LogP contribution in [0.1, 0.15) is 42.8 Å². The van der Waals surface area contributed by atoms with E-state index in [1.807, 2.05) is 32.4 Å².